The zero-order valence-electron chi connectivity index (χ0n) is 5.76. The molecule has 0 rings (SSSR count). The summed E-state index contributed by atoms with van der Waals surface area (Å²) in [5, 5.41) is 9.04. The van der Waals surface area contributed by atoms with Crippen molar-refractivity contribution in [2.45, 2.75) is 26.9 Å². The summed E-state index contributed by atoms with van der Waals surface area (Å²) in [6.07, 6.45) is 3.40. The van der Waals surface area contributed by atoms with Gasteiger partial charge in [-0.1, -0.05) is 26.0 Å². The topological polar surface area (TPSA) is 20.2 Å². The van der Waals surface area contributed by atoms with Gasteiger partial charge < -0.3 is 5.11 Å². The molecule has 1 atom stereocenters. The maximum Gasteiger partial charge on any atom is 0.0743 e. The number of aliphatic hydroxyl groups excluding tert-OH is 1. The minimum atomic E-state index is -0.264. The van der Waals surface area contributed by atoms with E-state index >= 15 is 0 Å². The minimum Gasteiger partial charge on any atom is -0.389 e. The van der Waals surface area contributed by atoms with Crippen LogP contribution in [0.3, 0.4) is 0 Å². The van der Waals surface area contributed by atoms with Crippen LogP contribution in [0, 0.1) is 5.92 Å². The van der Waals surface area contributed by atoms with Crippen LogP contribution < -0.4 is 0 Å². The van der Waals surface area contributed by atoms with E-state index in [0.717, 1.165) is 0 Å². The molecular formula is C7H14O. The molecule has 0 spiro atoms. The first-order chi connectivity index (χ1) is 3.68. The van der Waals surface area contributed by atoms with Crippen LogP contribution >= 0.6 is 0 Å². The van der Waals surface area contributed by atoms with Crippen LogP contribution in [-0.2, 0) is 0 Å². The van der Waals surface area contributed by atoms with Gasteiger partial charge >= 0.3 is 0 Å². The van der Waals surface area contributed by atoms with Crippen molar-refractivity contribution in [3.05, 3.63) is 12.2 Å². The van der Waals surface area contributed by atoms with Crippen molar-refractivity contribution in [2.24, 2.45) is 5.92 Å². The van der Waals surface area contributed by atoms with Gasteiger partial charge in [0, 0.05) is 0 Å². The van der Waals surface area contributed by atoms with Gasteiger partial charge in [-0.3, -0.25) is 0 Å². The molecule has 0 amide bonds. The quantitative estimate of drug-likeness (QED) is 0.540. The first-order valence-electron chi connectivity index (χ1n) is 2.99. The van der Waals surface area contributed by atoms with Crippen molar-refractivity contribution >= 4 is 0 Å². The normalized spacial score (nSPS) is 15.6. The highest BCUT2D eigenvalue weighted by Gasteiger charge is 2.01. The van der Waals surface area contributed by atoms with Gasteiger partial charge in [-0.15, -0.1) is 0 Å². The monoisotopic (exact) mass is 114 g/mol. The molecule has 0 aliphatic carbocycles. The predicted molar refractivity (Wildman–Crippen MR) is 35.7 cm³/mol. The maximum atomic E-state index is 9.04. The van der Waals surface area contributed by atoms with Crippen LogP contribution in [0.4, 0.5) is 0 Å². The predicted octanol–water partition coefficient (Wildman–Crippen LogP) is 1.58. The van der Waals surface area contributed by atoms with Gasteiger partial charge in [-0.25, -0.2) is 0 Å². The Morgan fingerprint density at radius 2 is 1.88 bits per heavy atom. The van der Waals surface area contributed by atoms with Crippen LogP contribution in [0.1, 0.15) is 20.8 Å². The first-order valence-corrected chi connectivity index (χ1v) is 2.99. The lowest BCUT2D eigenvalue weighted by Gasteiger charge is -2.07. The Kier molecular flexibility index (Phi) is 3.53. The third-order valence-electron chi connectivity index (χ3n) is 1.07. The zero-order valence-corrected chi connectivity index (χ0v) is 5.76. The molecule has 0 aromatic carbocycles. The molecule has 0 bridgehead atoms. The average molecular weight is 114 g/mol. The van der Waals surface area contributed by atoms with Gasteiger partial charge in [0.25, 0.3) is 0 Å². The molecule has 0 aromatic heterocycles. The van der Waals surface area contributed by atoms with E-state index < -0.39 is 0 Å². The molecular weight excluding hydrogens is 100 g/mol. The third-order valence-corrected chi connectivity index (χ3v) is 1.07. The second-order valence-corrected chi connectivity index (χ2v) is 2.26. The lowest BCUT2D eigenvalue weighted by Crippen LogP contribution is -2.10. The van der Waals surface area contributed by atoms with Crippen LogP contribution in [0.25, 0.3) is 0 Å². The molecule has 0 aliphatic heterocycles. The van der Waals surface area contributed by atoms with Gasteiger partial charge in [0.15, 0.2) is 0 Å². The highest BCUT2D eigenvalue weighted by Crippen LogP contribution is 2.00. The molecule has 1 heteroatoms. The Hall–Kier alpha value is -0.300. The summed E-state index contributed by atoms with van der Waals surface area (Å²) < 4.78 is 0. The van der Waals surface area contributed by atoms with Crippen molar-refractivity contribution in [2.75, 3.05) is 0 Å². The fourth-order valence-corrected chi connectivity index (χ4v) is 0.419. The maximum absolute atomic E-state index is 9.04. The van der Waals surface area contributed by atoms with Crippen LogP contribution in [0.2, 0.25) is 0 Å². The molecule has 8 heavy (non-hydrogen) atoms. The summed E-state index contributed by atoms with van der Waals surface area (Å²) in [5.41, 5.74) is 0. The van der Waals surface area contributed by atoms with E-state index in [-0.39, 0.29) is 6.10 Å². The smallest absolute Gasteiger partial charge is 0.0743 e. The molecule has 0 fully saturated rings. The van der Waals surface area contributed by atoms with E-state index in [0.29, 0.717) is 5.92 Å². The van der Waals surface area contributed by atoms with Gasteiger partial charge in [0.05, 0.1) is 6.10 Å². The average Bonchev–Trinajstić information content (AvgIpc) is 1.67. The molecule has 0 aromatic rings. The zero-order chi connectivity index (χ0) is 6.57. The van der Waals surface area contributed by atoms with Crippen molar-refractivity contribution in [1.29, 1.82) is 0 Å². The van der Waals surface area contributed by atoms with E-state index in [1.165, 1.54) is 0 Å². The number of hydrogen-bond donors (Lipinski definition) is 1. The summed E-state index contributed by atoms with van der Waals surface area (Å²) in [6, 6.07) is 0. The highest BCUT2D eigenvalue weighted by molar-refractivity contribution is 4.86. The Morgan fingerprint density at radius 1 is 1.38 bits per heavy atom. The molecule has 0 radical (unpaired) electrons. The molecule has 1 N–H and O–H groups in total. The van der Waals surface area contributed by atoms with Gasteiger partial charge in [-0.05, 0) is 12.8 Å². The Bertz CT molecular complexity index is 74.5. The van der Waals surface area contributed by atoms with Crippen molar-refractivity contribution in [3.63, 3.8) is 0 Å². The summed E-state index contributed by atoms with van der Waals surface area (Å²) >= 11 is 0. The van der Waals surface area contributed by atoms with Crippen LogP contribution in [0.15, 0.2) is 12.2 Å². The second-order valence-electron chi connectivity index (χ2n) is 2.26. The van der Waals surface area contributed by atoms with E-state index in [4.69, 9.17) is 5.11 Å². The third kappa shape index (κ3) is 2.80. The van der Waals surface area contributed by atoms with E-state index in [1.54, 1.807) is 6.08 Å². The van der Waals surface area contributed by atoms with Crippen molar-refractivity contribution in [3.8, 4) is 0 Å². The Labute approximate surface area is 51.0 Å². The highest BCUT2D eigenvalue weighted by atomic mass is 16.3. The van der Waals surface area contributed by atoms with Gasteiger partial charge in [0.1, 0.15) is 0 Å². The van der Waals surface area contributed by atoms with Crippen molar-refractivity contribution in [1.82, 2.24) is 0 Å². The van der Waals surface area contributed by atoms with E-state index in [1.807, 2.05) is 26.8 Å². The number of aliphatic hydroxyl groups is 1. The van der Waals surface area contributed by atoms with Crippen LogP contribution in [-0.4, -0.2) is 11.2 Å². The number of allylic oxidation sites excluding steroid dienone is 1. The van der Waals surface area contributed by atoms with E-state index in [9.17, 15) is 0 Å². The van der Waals surface area contributed by atoms with Crippen molar-refractivity contribution < 1.29 is 5.11 Å². The number of hydrogen-bond acceptors (Lipinski definition) is 1. The molecule has 0 saturated heterocycles. The number of rotatable bonds is 2. The molecule has 0 unspecified atom stereocenters. The molecule has 0 saturated carbocycles. The SMILES string of the molecule is CC=C[C@H](O)C(C)C. The fraction of sp³-hybridized carbons (Fsp3) is 0.714. The fourth-order valence-electron chi connectivity index (χ4n) is 0.419. The summed E-state index contributed by atoms with van der Waals surface area (Å²) in [5.74, 6) is 0.339. The van der Waals surface area contributed by atoms with Crippen LogP contribution in [0.5, 0.6) is 0 Å². The summed E-state index contributed by atoms with van der Waals surface area (Å²) in [4.78, 5) is 0. The Balaban J connectivity index is 3.47. The summed E-state index contributed by atoms with van der Waals surface area (Å²) in [6.45, 7) is 5.89. The Morgan fingerprint density at radius 3 is 2.00 bits per heavy atom. The van der Waals surface area contributed by atoms with Gasteiger partial charge in [-0.2, -0.15) is 0 Å². The first kappa shape index (κ1) is 7.70. The molecule has 0 aliphatic rings. The lowest BCUT2D eigenvalue weighted by atomic mass is 10.1. The lowest BCUT2D eigenvalue weighted by molar-refractivity contribution is 0.172. The molecule has 0 heterocycles. The largest absolute Gasteiger partial charge is 0.389 e. The van der Waals surface area contributed by atoms with Gasteiger partial charge in [0.2, 0.25) is 0 Å². The molecule has 48 valence electrons. The second kappa shape index (κ2) is 3.67. The molecule has 1 nitrogen and oxygen atoms in total. The summed E-state index contributed by atoms with van der Waals surface area (Å²) in [7, 11) is 0. The standard InChI is InChI=1S/C7H14O/c1-4-5-7(8)6(2)3/h4-8H,1-3H3/t7-/m0/s1. The minimum absolute atomic E-state index is 0.264. The van der Waals surface area contributed by atoms with E-state index in [2.05, 4.69) is 0 Å².